The average Bonchev–Trinajstić information content (AvgIpc) is 2.16. The van der Waals surface area contributed by atoms with Gasteiger partial charge in [0, 0.05) is 20.3 Å². The Morgan fingerprint density at radius 2 is 2.21 bits per heavy atom. The second-order valence-corrected chi connectivity index (χ2v) is 3.65. The fraction of sp³-hybridized carbons (Fsp3) is 0.375. The summed E-state index contributed by atoms with van der Waals surface area (Å²) in [6.07, 6.45) is 3.09. The molecule has 0 aliphatic carbocycles. The molecule has 0 spiro atoms. The van der Waals surface area contributed by atoms with Crippen LogP contribution in [0.1, 0.15) is 10.4 Å². The number of carbonyl (C=O) groups excluding carboxylic acids is 1. The molecule has 6 heteroatoms. The molecular weight excluding hydrogens is 202 g/mol. The molecular formula is C8H11N3O2S. The maximum Gasteiger partial charge on any atom is 0.345 e. The van der Waals surface area contributed by atoms with Gasteiger partial charge in [-0.15, -0.1) is 11.8 Å². The summed E-state index contributed by atoms with van der Waals surface area (Å²) in [5, 5.41) is 0.545. The molecule has 0 saturated carbocycles. The molecule has 5 nitrogen and oxygen atoms in total. The van der Waals surface area contributed by atoms with E-state index in [0.717, 1.165) is 0 Å². The van der Waals surface area contributed by atoms with Crippen LogP contribution in [0.4, 0.5) is 0 Å². The molecule has 1 heterocycles. The summed E-state index contributed by atoms with van der Waals surface area (Å²) in [6, 6.07) is 0. The van der Waals surface area contributed by atoms with Crippen molar-refractivity contribution in [3.63, 3.8) is 0 Å². The van der Waals surface area contributed by atoms with Crippen molar-refractivity contribution in [2.75, 3.05) is 20.4 Å². The van der Waals surface area contributed by atoms with Gasteiger partial charge >= 0.3 is 5.69 Å². The van der Waals surface area contributed by atoms with Crippen LogP contribution < -0.4 is 5.69 Å². The first-order valence-corrected chi connectivity index (χ1v) is 5.13. The lowest BCUT2D eigenvalue weighted by Crippen LogP contribution is -2.25. The third-order valence-corrected chi connectivity index (χ3v) is 2.35. The molecule has 1 N–H and O–H groups in total. The Kier molecular flexibility index (Phi) is 3.29. The fourth-order valence-corrected chi connectivity index (χ4v) is 1.48. The molecule has 0 atom stereocenters. The number of carbonyl (C=O) groups is 1. The summed E-state index contributed by atoms with van der Waals surface area (Å²) in [5.74, 6) is -0.168. The lowest BCUT2D eigenvalue weighted by molar-refractivity contribution is 0.0823. The number of nitrogens with zero attached hydrogens (tertiary/aromatic N) is 2. The number of rotatable bonds is 2. The lowest BCUT2D eigenvalue weighted by Gasteiger charge is -2.11. The van der Waals surface area contributed by atoms with Crippen molar-refractivity contribution < 1.29 is 4.79 Å². The van der Waals surface area contributed by atoms with Gasteiger partial charge in [-0.2, -0.15) is 0 Å². The number of thioether (sulfide) groups is 1. The van der Waals surface area contributed by atoms with Crippen molar-refractivity contribution in [2.45, 2.75) is 5.03 Å². The number of nitrogens with one attached hydrogen (secondary N) is 1. The van der Waals surface area contributed by atoms with E-state index < -0.39 is 5.69 Å². The quantitative estimate of drug-likeness (QED) is 0.562. The molecule has 1 aromatic rings. The van der Waals surface area contributed by atoms with Crippen LogP contribution in [0.5, 0.6) is 0 Å². The van der Waals surface area contributed by atoms with Gasteiger partial charge in [0.05, 0.1) is 10.6 Å². The lowest BCUT2D eigenvalue weighted by atomic mass is 10.3. The Morgan fingerprint density at radius 1 is 1.57 bits per heavy atom. The number of aromatic amines is 1. The van der Waals surface area contributed by atoms with Gasteiger partial charge in [0.1, 0.15) is 0 Å². The minimum Gasteiger partial charge on any atom is -0.345 e. The van der Waals surface area contributed by atoms with Crippen molar-refractivity contribution in [1.82, 2.24) is 14.9 Å². The second kappa shape index (κ2) is 4.28. The van der Waals surface area contributed by atoms with Gasteiger partial charge in [-0.1, -0.05) is 0 Å². The molecule has 76 valence electrons. The van der Waals surface area contributed by atoms with Gasteiger partial charge in [-0.05, 0) is 6.26 Å². The summed E-state index contributed by atoms with van der Waals surface area (Å²) >= 11 is 1.31. The third kappa shape index (κ3) is 2.14. The average molecular weight is 213 g/mol. The standard InChI is InChI=1S/C8H11N3O2S/c1-11(2)7(12)5-4-9-8(13)10-6(5)14-3/h4H,1-3H3,(H,9,10,13). The molecule has 14 heavy (non-hydrogen) atoms. The summed E-state index contributed by atoms with van der Waals surface area (Å²) < 4.78 is 0. The Balaban J connectivity index is 3.21. The topological polar surface area (TPSA) is 66.1 Å². The zero-order valence-corrected chi connectivity index (χ0v) is 9.01. The van der Waals surface area contributed by atoms with E-state index in [0.29, 0.717) is 10.6 Å². The van der Waals surface area contributed by atoms with Crippen molar-refractivity contribution in [1.29, 1.82) is 0 Å². The van der Waals surface area contributed by atoms with Crippen LogP contribution in [0.25, 0.3) is 0 Å². The smallest absolute Gasteiger partial charge is 0.345 e. The Labute approximate surface area is 85.5 Å². The highest BCUT2D eigenvalue weighted by molar-refractivity contribution is 7.98. The monoisotopic (exact) mass is 213 g/mol. The molecule has 0 aliphatic heterocycles. The molecule has 0 aromatic carbocycles. The number of H-pyrrole nitrogens is 1. The molecule has 1 amide bonds. The zero-order chi connectivity index (χ0) is 10.7. The molecule has 0 aliphatic rings. The molecule has 0 radical (unpaired) electrons. The van der Waals surface area contributed by atoms with Crippen LogP contribution >= 0.6 is 11.8 Å². The number of hydrogen-bond acceptors (Lipinski definition) is 4. The summed E-state index contributed by atoms with van der Waals surface area (Å²) in [7, 11) is 3.30. The molecule has 1 rings (SSSR count). The largest absolute Gasteiger partial charge is 0.345 e. The van der Waals surface area contributed by atoms with Gasteiger partial charge in [-0.3, -0.25) is 9.78 Å². The van der Waals surface area contributed by atoms with Gasteiger partial charge in [0.15, 0.2) is 0 Å². The van der Waals surface area contributed by atoms with E-state index in [2.05, 4.69) is 9.97 Å². The van der Waals surface area contributed by atoms with Crippen LogP contribution in [0.2, 0.25) is 0 Å². The van der Waals surface area contributed by atoms with Gasteiger partial charge in [-0.25, -0.2) is 9.78 Å². The predicted molar refractivity (Wildman–Crippen MR) is 54.7 cm³/mol. The van der Waals surface area contributed by atoms with Crippen LogP contribution in [-0.2, 0) is 0 Å². The Morgan fingerprint density at radius 3 is 2.71 bits per heavy atom. The first-order valence-electron chi connectivity index (χ1n) is 3.91. The van der Waals surface area contributed by atoms with Crippen LogP contribution in [0.15, 0.2) is 16.0 Å². The van der Waals surface area contributed by atoms with Crippen LogP contribution in [0.3, 0.4) is 0 Å². The maximum atomic E-state index is 11.6. The molecule has 0 fully saturated rings. The molecule has 0 saturated heterocycles. The second-order valence-electron chi connectivity index (χ2n) is 2.83. The van der Waals surface area contributed by atoms with Crippen molar-refractivity contribution in [3.8, 4) is 0 Å². The fourth-order valence-electron chi connectivity index (χ4n) is 0.933. The van der Waals surface area contributed by atoms with Gasteiger partial charge in [0.25, 0.3) is 5.91 Å². The van der Waals surface area contributed by atoms with Crippen molar-refractivity contribution in [2.24, 2.45) is 0 Å². The third-order valence-electron chi connectivity index (χ3n) is 1.62. The number of aromatic nitrogens is 2. The van der Waals surface area contributed by atoms with E-state index in [4.69, 9.17) is 0 Å². The maximum absolute atomic E-state index is 11.6. The highest BCUT2D eigenvalue weighted by Gasteiger charge is 2.13. The molecule has 1 aromatic heterocycles. The van der Waals surface area contributed by atoms with E-state index in [-0.39, 0.29) is 5.91 Å². The Bertz CT molecular complexity index is 400. The van der Waals surface area contributed by atoms with Crippen molar-refractivity contribution in [3.05, 3.63) is 22.2 Å². The Hall–Kier alpha value is -1.30. The van der Waals surface area contributed by atoms with E-state index in [1.807, 2.05) is 0 Å². The van der Waals surface area contributed by atoms with E-state index in [1.165, 1.54) is 22.9 Å². The van der Waals surface area contributed by atoms with E-state index in [9.17, 15) is 9.59 Å². The highest BCUT2D eigenvalue weighted by atomic mass is 32.2. The van der Waals surface area contributed by atoms with Gasteiger partial charge in [0.2, 0.25) is 0 Å². The predicted octanol–water partition coefficient (Wildman–Crippen LogP) is 0.194. The van der Waals surface area contributed by atoms with Crippen LogP contribution in [-0.4, -0.2) is 41.1 Å². The molecule has 0 bridgehead atoms. The SMILES string of the molecule is CSc1[nH]c(=O)ncc1C(=O)N(C)C. The zero-order valence-electron chi connectivity index (χ0n) is 8.20. The first-order chi connectivity index (χ1) is 6.56. The van der Waals surface area contributed by atoms with Crippen molar-refractivity contribution >= 4 is 17.7 Å². The first kappa shape index (κ1) is 10.8. The highest BCUT2D eigenvalue weighted by Crippen LogP contribution is 2.15. The van der Waals surface area contributed by atoms with E-state index >= 15 is 0 Å². The summed E-state index contributed by atoms with van der Waals surface area (Å²) in [6.45, 7) is 0. The summed E-state index contributed by atoms with van der Waals surface area (Å²) in [4.78, 5) is 29.9. The molecule has 0 unspecified atom stereocenters. The minimum absolute atomic E-state index is 0.168. The van der Waals surface area contributed by atoms with Crippen LogP contribution in [0, 0.1) is 0 Å². The summed E-state index contributed by atoms with van der Waals surface area (Å²) in [5.41, 5.74) is -0.0215. The number of hydrogen-bond donors (Lipinski definition) is 1. The number of amides is 1. The van der Waals surface area contributed by atoms with E-state index in [1.54, 1.807) is 20.4 Å². The normalized spacial score (nSPS) is 9.93. The minimum atomic E-state index is -0.440. The van der Waals surface area contributed by atoms with Gasteiger partial charge < -0.3 is 4.90 Å².